The van der Waals surface area contributed by atoms with E-state index in [1.54, 1.807) is 0 Å². The van der Waals surface area contributed by atoms with Crippen LogP contribution in [-0.2, 0) is 10.0 Å². The normalized spacial score (nSPS) is 15.6. The largest absolute Gasteiger partial charge is 0.345 e. The monoisotopic (exact) mass is 471 g/mol. The molecule has 0 bridgehead atoms. The standard InChI is InChI=1S/C19H16Cl2FN3O2S2/c20-14-3-1-13(2-4-14)18-12-28-19(23-18)24-7-9-25(10-8-24)29(26,27)15-5-6-17(22)16(21)11-15/h1-6,11-12H,7-10H2. The molecular weight excluding hydrogens is 456 g/mol. The molecule has 1 aromatic heterocycles. The van der Waals surface area contributed by atoms with E-state index in [0.29, 0.717) is 31.2 Å². The quantitative estimate of drug-likeness (QED) is 0.549. The van der Waals surface area contributed by atoms with E-state index in [0.717, 1.165) is 28.5 Å². The zero-order valence-electron chi connectivity index (χ0n) is 15.1. The third-order valence-corrected chi connectivity index (χ3v) is 8.01. The fraction of sp³-hybridized carbons (Fsp3) is 0.211. The summed E-state index contributed by atoms with van der Waals surface area (Å²) in [6.45, 7) is 1.66. The molecule has 1 fully saturated rings. The van der Waals surface area contributed by atoms with Gasteiger partial charge in [-0.2, -0.15) is 4.31 Å². The van der Waals surface area contributed by atoms with Crippen LogP contribution in [0, 0.1) is 5.82 Å². The minimum Gasteiger partial charge on any atom is -0.345 e. The Morgan fingerprint density at radius 1 is 1.00 bits per heavy atom. The van der Waals surface area contributed by atoms with Crippen molar-refractivity contribution in [3.8, 4) is 11.3 Å². The van der Waals surface area contributed by atoms with Gasteiger partial charge in [0.15, 0.2) is 5.13 Å². The number of nitrogens with zero attached hydrogens (tertiary/aromatic N) is 3. The van der Waals surface area contributed by atoms with E-state index in [1.165, 1.54) is 21.7 Å². The molecular formula is C19H16Cl2FN3O2S2. The van der Waals surface area contributed by atoms with Crippen LogP contribution in [0.1, 0.15) is 0 Å². The van der Waals surface area contributed by atoms with Crippen molar-refractivity contribution in [2.45, 2.75) is 4.90 Å². The summed E-state index contributed by atoms with van der Waals surface area (Å²) in [4.78, 5) is 6.73. The highest BCUT2D eigenvalue weighted by molar-refractivity contribution is 7.89. The SMILES string of the molecule is O=S(=O)(c1ccc(F)c(Cl)c1)N1CCN(c2nc(-c3ccc(Cl)cc3)cs2)CC1. The molecule has 0 radical (unpaired) electrons. The molecule has 0 saturated carbocycles. The summed E-state index contributed by atoms with van der Waals surface area (Å²) >= 11 is 13.2. The number of thiazole rings is 1. The Hall–Kier alpha value is -1.71. The number of aromatic nitrogens is 1. The summed E-state index contributed by atoms with van der Waals surface area (Å²) in [6, 6.07) is 10.9. The Labute approximate surface area is 182 Å². The van der Waals surface area contributed by atoms with Crippen LogP contribution in [0.3, 0.4) is 0 Å². The van der Waals surface area contributed by atoms with Gasteiger partial charge in [0, 0.05) is 42.1 Å². The van der Waals surface area contributed by atoms with Crippen molar-refractivity contribution in [1.29, 1.82) is 0 Å². The van der Waals surface area contributed by atoms with E-state index in [4.69, 9.17) is 23.2 Å². The Balaban J connectivity index is 1.45. The first-order valence-corrected chi connectivity index (χ1v) is 11.8. The van der Waals surface area contributed by atoms with E-state index < -0.39 is 15.8 Å². The molecule has 1 aliphatic heterocycles. The van der Waals surface area contributed by atoms with E-state index in [9.17, 15) is 12.8 Å². The second-order valence-electron chi connectivity index (χ2n) is 6.49. The van der Waals surface area contributed by atoms with Crippen molar-refractivity contribution in [2.24, 2.45) is 0 Å². The molecule has 0 spiro atoms. The van der Waals surface area contributed by atoms with Gasteiger partial charge in [-0.3, -0.25) is 0 Å². The average Bonchev–Trinajstić information content (AvgIpc) is 3.21. The molecule has 3 aromatic rings. The molecule has 0 amide bonds. The first-order chi connectivity index (χ1) is 13.8. The van der Waals surface area contributed by atoms with Gasteiger partial charge >= 0.3 is 0 Å². The number of sulfonamides is 1. The average molecular weight is 472 g/mol. The lowest BCUT2D eigenvalue weighted by Gasteiger charge is -2.33. The third kappa shape index (κ3) is 4.27. The number of piperazine rings is 1. The van der Waals surface area contributed by atoms with Crippen LogP contribution >= 0.6 is 34.5 Å². The highest BCUT2D eigenvalue weighted by Crippen LogP contribution is 2.30. The molecule has 2 heterocycles. The number of rotatable bonds is 4. The van der Waals surface area contributed by atoms with Crippen LogP contribution in [0.25, 0.3) is 11.3 Å². The first-order valence-electron chi connectivity index (χ1n) is 8.76. The van der Waals surface area contributed by atoms with Crippen LogP contribution < -0.4 is 4.90 Å². The molecule has 0 aliphatic carbocycles. The summed E-state index contributed by atoms with van der Waals surface area (Å²) in [5.74, 6) is -0.643. The van der Waals surface area contributed by atoms with Crippen LogP contribution in [0.2, 0.25) is 10.0 Å². The molecule has 10 heteroatoms. The summed E-state index contributed by atoms with van der Waals surface area (Å²) in [6.07, 6.45) is 0. The molecule has 0 unspecified atom stereocenters. The topological polar surface area (TPSA) is 53.5 Å². The summed E-state index contributed by atoms with van der Waals surface area (Å²) < 4.78 is 40.4. The highest BCUT2D eigenvalue weighted by Gasteiger charge is 2.30. The number of halogens is 3. The number of benzene rings is 2. The zero-order valence-corrected chi connectivity index (χ0v) is 18.2. The van der Waals surface area contributed by atoms with Crippen molar-refractivity contribution in [3.63, 3.8) is 0 Å². The van der Waals surface area contributed by atoms with Crippen molar-refractivity contribution < 1.29 is 12.8 Å². The van der Waals surface area contributed by atoms with Gasteiger partial charge in [-0.05, 0) is 30.3 Å². The van der Waals surface area contributed by atoms with E-state index >= 15 is 0 Å². The first kappa shape index (κ1) is 20.6. The molecule has 29 heavy (non-hydrogen) atoms. The van der Waals surface area contributed by atoms with Gasteiger partial charge < -0.3 is 4.90 Å². The Morgan fingerprint density at radius 2 is 1.69 bits per heavy atom. The second-order valence-corrected chi connectivity index (χ2v) is 10.1. The summed E-state index contributed by atoms with van der Waals surface area (Å²) in [5, 5.41) is 3.28. The van der Waals surface area contributed by atoms with Crippen LogP contribution in [0.5, 0.6) is 0 Å². The number of anilines is 1. The van der Waals surface area contributed by atoms with E-state index in [-0.39, 0.29) is 9.92 Å². The maximum Gasteiger partial charge on any atom is 0.243 e. The molecule has 1 aliphatic rings. The van der Waals surface area contributed by atoms with Gasteiger partial charge in [-0.15, -0.1) is 11.3 Å². The molecule has 2 aromatic carbocycles. The summed E-state index contributed by atoms with van der Waals surface area (Å²) in [5.41, 5.74) is 1.84. The highest BCUT2D eigenvalue weighted by atomic mass is 35.5. The van der Waals surface area contributed by atoms with Gasteiger partial charge in [0.1, 0.15) is 5.82 Å². The maximum atomic E-state index is 13.4. The van der Waals surface area contributed by atoms with Crippen LogP contribution in [0.4, 0.5) is 9.52 Å². The zero-order chi connectivity index (χ0) is 20.6. The molecule has 0 atom stereocenters. The van der Waals surface area contributed by atoms with Crippen molar-refractivity contribution in [1.82, 2.24) is 9.29 Å². The van der Waals surface area contributed by atoms with Crippen LogP contribution in [0.15, 0.2) is 52.7 Å². The molecule has 4 rings (SSSR count). The number of hydrogen-bond donors (Lipinski definition) is 0. The van der Waals surface area contributed by atoms with Gasteiger partial charge in [0.05, 0.1) is 15.6 Å². The molecule has 5 nitrogen and oxygen atoms in total. The van der Waals surface area contributed by atoms with Crippen molar-refractivity contribution in [3.05, 3.63) is 63.7 Å². The molecule has 0 N–H and O–H groups in total. The Bertz CT molecular complexity index is 1130. The minimum atomic E-state index is -3.72. The van der Waals surface area contributed by atoms with Crippen molar-refractivity contribution in [2.75, 3.05) is 31.1 Å². The van der Waals surface area contributed by atoms with Gasteiger partial charge in [-0.25, -0.2) is 17.8 Å². The lowest BCUT2D eigenvalue weighted by atomic mass is 10.2. The molecule has 1 saturated heterocycles. The van der Waals surface area contributed by atoms with Gasteiger partial charge in [0.2, 0.25) is 10.0 Å². The molecule has 152 valence electrons. The fourth-order valence-corrected chi connectivity index (χ4v) is 5.78. The summed E-state index contributed by atoms with van der Waals surface area (Å²) in [7, 11) is -3.72. The van der Waals surface area contributed by atoms with E-state index in [1.807, 2.05) is 29.6 Å². The predicted molar refractivity (Wildman–Crippen MR) is 115 cm³/mol. The second kappa shape index (κ2) is 8.20. The van der Waals surface area contributed by atoms with Crippen LogP contribution in [-0.4, -0.2) is 43.9 Å². The van der Waals surface area contributed by atoms with Crippen molar-refractivity contribution >= 4 is 49.7 Å². The third-order valence-electron chi connectivity index (χ3n) is 4.67. The lowest BCUT2D eigenvalue weighted by molar-refractivity contribution is 0.384. The smallest absolute Gasteiger partial charge is 0.243 e. The predicted octanol–water partition coefficient (Wildman–Crippen LogP) is 4.77. The Morgan fingerprint density at radius 3 is 2.34 bits per heavy atom. The Kier molecular flexibility index (Phi) is 5.81. The van der Waals surface area contributed by atoms with E-state index in [2.05, 4.69) is 9.88 Å². The number of hydrogen-bond acceptors (Lipinski definition) is 5. The van der Waals surface area contributed by atoms with Gasteiger partial charge in [-0.1, -0.05) is 35.3 Å². The lowest BCUT2D eigenvalue weighted by Crippen LogP contribution is -2.48. The minimum absolute atomic E-state index is 0.00313. The van der Waals surface area contributed by atoms with Gasteiger partial charge in [0.25, 0.3) is 0 Å². The fourth-order valence-electron chi connectivity index (χ4n) is 3.07. The maximum absolute atomic E-state index is 13.4.